The number of carbonyl (C=O) groups is 2. The van der Waals surface area contributed by atoms with Crippen molar-refractivity contribution in [2.45, 2.75) is 32.9 Å². The minimum absolute atomic E-state index is 0.0271. The number of carbonyl (C=O) groups excluding carboxylic acids is 1. The minimum atomic E-state index is -0.948. The van der Waals surface area contributed by atoms with E-state index in [0.29, 0.717) is 32.6 Å². The molecule has 25 heavy (non-hydrogen) atoms. The number of aryl methyl sites for hydroxylation is 1. The molecule has 0 saturated heterocycles. The smallest absolute Gasteiger partial charge is 0.335 e. The van der Waals surface area contributed by atoms with E-state index in [1.54, 1.807) is 24.3 Å². The van der Waals surface area contributed by atoms with Gasteiger partial charge >= 0.3 is 5.97 Å². The SMILES string of the molecule is CCOCc1ccc(CNC(=O)CCc2ccc(C(=O)O)cc2)cc1. The number of ether oxygens (including phenoxy) is 1. The predicted octanol–water partition coefficient (Wildman–Crippen LogP) is 3.17. The average molecular weight is 341 g/mol. The maximum Gasteiger partial charge on any atom is 0.335 e. The third kappa shape index (κ3) is 6.39. The molecule has 2 aromatic carbocycles. The highest BCUT2D eigenvalue weighted by Crippen LogP contribution is 2.08. The second kappa shape index (κ2) is 9.59. The van der Waals surface area contributed by atoms with Crippen LogP contribution in [0.15, 0.2) is 48.5 Å². The molecule has 0 fully saturated rings. The van der Waals surface area contributed by atoms with Crippen LogP contribution in [-0.4, -0.2) is 23.6 Å². The van der Waals surface area contributed by atoms with Crippen LogP contribution in [0.2, 0.25) is 0 Å². The zero-order valence-electron chi connectivity index (χ0n) is 14.3. The molecule has 0 saturated carbocycles. The summed E-state index contributed by atoms with van der Waals surface area (Å²) in [6.07, 6.45) is 0.952. The third-order valence-corrected chi connectivity index (χ3v) is 3.83. The Hall–Kier alpha value is -2.66. The first-order chi connectivity index (χ1) is 12.1. The molecule has 132 valence electrons. The Morgan fingerprint density at radius 1 is 0.960 bits per heavy atom. The van der Waals surface area contributed by atoms with Gasteiger partial charge in [-0.15, -0.1) is 0 Å². The van der Waals surface area contributed by atoms with Gasteiger partial charge in [0.25, 0.3) is 0 Å². The summed E-state index contributed by atoms with van der Waals surface area (Å²) < 4.78 is 5.35. The molecule has 5 nitrogen and oxygen atoms in total. The Labute approximate surface area is 147 Å². The van der Waals surface area contributed by atoms with Crippen LogP contribution >= 0.6 is 0 Å². The number of carboxylic acids is 1. The van der Waals surface area contributed by atoms with Gasteiger partial charge in [-0.2, -0.15) is 0 Å². The van der Waals surface area contributed by atoms with Gasteiger partial charge in [-0.05, 0) is 42.2 Å². The van der Waals surface area contributed by atoms with Crippen LogP contribution in [0.5, 0.6) is 0 Å². The summed E-state index contributed by atoms with van der Waals surface area (Å²) in [4.78, 5) is 22.7. The normalized spacial score (nSPS) is 10.4. The summed E-state index contributed by atoms with van der Waals surface area (Å²) in [7, 11) is 0. The third-order valence-electron chi connectivity index (χ3n) is 3.83. The molecule has 0 unspecified atom stereocenters. The lowest BCUT2D eigenvalue weighted by atomic mass is 10.1. The molecule has 2 aromatic rings. The maximum absolute atomic E-state index is 11.9. The molecule has 0 aliphatic carbocycles. The van der Waals surface area contributed by atoms with Crippen molar-refractivity contribution in [1.82, 2.24) is 5.32 Å². The molecule has 0 radical (unpaired) electrons. The van der Waals surface area contributed by atoms with E-state index >= 15 is 0 Å². The lowest BCUT2D eigenvalue weighted by Gasteiger charge is -2.07. The van der Waals surface area contributed by atoms with Crippen molar-refractivity contribution in [3.05, 3.63) is 70.8 Å². The largest absolute Gasteiger partial charge is 0.478 e. The van der Waals surface area contributed by atoms with Gasteiger partial charge in [0, 0.05) is 19.6 Å². The summed E-state index contributed by atoms with van der Waals surface area (Å²) in [5.41, 5.74) is 3.35. The molecule has 0 aliphatic rings. The summed E-state index contributed by atoms with van der Waals surface area (Å²) >= 11 is 0. The molecule has 5 heteroatoms. The fourth-order valence-electron chi connectivity index (χ4n) is 2.33. The van der Waals surface area contributed by atoms with Crippen LogP contribution in [0.3, 0.4) is 0 Å². The highest BCUT2D eigenvalue weighted by molar-refractivity contribution is 5.87. The summed E-state index contributed by atoms with van der Waals surface area (Å²) in [5.74, 6) is -0.975. The average Bonchev–Trinajstić information content (AvgIpc) is 2.64. The van der Waals surface area contributed by atoms with Crippen molar-refractivity contribution >= 4 is 11.9 Å². The fraction of sp³-hybridized carbons (Fsp3) is 0.300. The van der Waals surface area contributed by atoms with Crippen LogP contribution < -0.4 is 5.32 Å². The van der Waals surface area contributed by atoms with Crippen molar-refractivity contribution < 1.29 is 19.4 Å². The Morgan fingerprint density at radius 2 is 1.56 bits per heavy atom. The molecule has 2 rings (SSSR count). The second-order valence-electron chi connectivity index (χ2n) is 5.73. The Bertz CT molecular complexity index is 693. The van der Waals surface area contributed by atoms with Crippen molar-refractivity contribution in [2.24, 2.45) is 0 Å². The molecule has 0 atom stereocenters. The number of amides is 1. The Morgan fingerprint density at radius 3 is 2.16 bits per heavy atom. The predicted molar refractivity (Wildman–Crippen MR) is 95.3 cm³/mol. The first-order valence-electron chi connectivity index (χ1n) is 8.33. The van der Waals surface area contributed by atoms with Crippen molar-refractivity contribution in [3.63, 3.8) is 0 Å². The molecule has 0 aromatic heterocycles. The van der Waals surface area contributed by atoms with Gasteiger partial charge in [0.2, 0.25) is 5.91 Å². The van der Waals surface area contributed by atoms with Gasteiger partial charge in [-0.1, -0.05) is 36.4 Å². The number of carboxylic acid groups (broad SMARTS) is 1. The highest BCUT2D eigenvalue weighted by Gasteiger charge is 2.05. The maximum atomic E-state index is 11.9. The van der Waals surface area contributed by atoms with Crippen molar-refractivity contribution in [2.75, 3.05) is 6.61 Å². The van der Waals surface area contributed by atoms with Gasteiger partial charge in [0.15, 0.2) is 0 Å². The first-order valence-corrected chi connectivity index (χ1v) is 8.33. The zero-order valence-corrected chi connectivity index (χ0v) is 14.3. The van der Waals surface area contributed by atoms with Gasteiger partial charge in [-0.25, -0.2) is 4.79 Å². The number of hydrogen-bond acceptors (Lipinski definition) is 3. The molecule has 0 spiro atoms. The van der Waals surface area contributed by atoms with Crippen LogP contribution in [0.1, 0.15) is 40.4 Å². The van der Waals surface area contributed by atoms with E-state index < -0.39 is 5.97 Å². The number of benzene rings is 2. The van der Waals surface area contributed by atoms with Crippen molar-refractivity contribution in [1.29, 1.82) is 0 Å². The summed E-state index contributed by atoms with van der Waals surface area (Å²) in [6.45, 7) is 3.75. The number of aromatic carboxylic acids is 1. The monoisotopic (exact) mass is 341 g/mol. The lowest BCUT2D eigenvalue weighted by molar-refractivity contribution is -0.121. The fourth-order valence-corrected chi connectivity index (χ4v) is 2.33. The summed E-state index contributed by atoms with van der Waals surface area (Å²) in [5, 5.41) is 11.8. The number of nitrogens with one attached hydrogen (secondary N) is 1. The van der Waals surface area contributed by atoms with Gasteiger partial charge in [-0.3, -0.25) is 4.79 Å². The zero-order chi connectivity index (χ0) is 18.1. The topological polar surface area (TPSA) is 75.6 Å². The minimum Gasteiger partial charge on any atom is -0.478 e. The van der Waals surface area contributed by atoms with Crippen LogP contribution in [0.25, 0.3) is 0 Å². The van der Waals surface area contributed by atoms with E-state index in [2.05, 4.69) is 5.32 Å². The van der Waals surface area contributed by atoms with Crippen LogP contribution in [0, 0.1) is 0 Å². The molecule has 0 heterocycles. The van der Waals surface area contributed by atoms with E-state index in [-0.39, 0.29) is 11.5 Å². The standard InChI is InChI=1S/C20H23NO4/c1-2-25-14-17-5-3-16(4-6-17)13-21-19(22)12-9-15-7-10-18(11-8-15)20(23)24/h3-8,10-11H,2,9,12-14H2,1H3,(H,21,22)(H,23,24). The van der Waals surface area contributed by atoms with Crippen LogP contribution in [-0.2, 0) is 29.1 Å². The quantitative estimate of drug-likeness (QED) is 0.734. The lowest BCUT2D eigenvalue weighted by Crippen LogP contribution is -2.23. The van der Waals surface area contributed by atoms with Crippen molar-refractivity contribution in [3.8, 4) is 0 Å². The number of rotatable bonds is 9. The first kappa shape index (κ1) is 18.7. The molecule has 2 N–H and O–H groups in total. The molecular formula is C20H23NO4. The molecule has 1 amide bonds. The van der Waals surface area contributed by atoms with Gasteiger partial charge in [0.05, 0.1) is 12.2 Å². The molecular weight excluding hydrogens is 318 g/mol. The molecule has 0 aliphatic heterocycles. The van der Waals surface area contributed by atoms with Gasteiger partial charge in [0.1, 0.15) is 0 Å². The Kier molecular flexibility index (Phi) is 7.16. The Balaban J connectivity index is 1.74. The molecule has 0 bridgehead atoms. The van der Waals surface area contributed by atoms with E-state index in [9.17, 15) is 9.59 Å². The number of hydrogen-bond donors (Lipinski definition) is 2. The van der Waals surface area contributed by atoms with E-state index in [1.165, 1.54) is 0 Å². The van der Waals surface area contributed by atoms with E-state index in [4.69, 9.17) is 9.84 Å². The van der Waals surface area contributed by atoms with Gasteiger partial charge < -0.3 is 15.2 Å². The van der Waals surface area contributed by atoms with E-state index in [1.807, 2.05) is 31.2 Å². The second-order valence-corrected chi connectivity index (χ2v) is 5.73. The highest BCUT2D eigenvalue weighted by atomic mass is 16.5. The van der Waals surface area contributed by atoms with E-state index in [0.717, 1.165) is 16.7 Å². The van der Waals surface area contributed by atoms with Crippen LogP contribution in [0.4, 0.5) is 0 Å². The summed E-state index contributed by atoms with van der Waals surface area (Å²) in [6, 6.07) is 14.6.